The SMILES string of the molecule is Cn1nccc1CNC(=O)c1c2c(cn(Cc3ccccc3)c1=O)CN(C(=O)C1CC1)CC2. The van der Waals surface area contributed by atoms with Gasteiger partial charge in [-0.25, -0.2) is 0 Å². The standard InChI is InChI=1S/C25H27N5O3/c1-28-20(9-11-27-28)13-26-23(31)22-21-10-12-29(24(32)18-7-8-18)15-19(21)16-30(25(22)33)14-17-5-3-2-4-6-17/h2-6,9,11,16,18H,7-8,10,12-15H2,1H3,(H,26,31). The zero-order valence-corrected chi connectivity index (χ0v) is 18.7. The third kappa shape index (κ3) is 4.33. The van der Waals surface area contributed by atoms with Crippen LogP contribution >= 0.6 is 0 Å². The average molecular weight is 446 g/mol. The maximum Gasteiger partial charge on any atom is 0.264 e. The fraction of sp³-hybridized carbons (Fsp3) is 0.360. The van der Waals surface area contributed by atoms with E-state index in [1.54, 1.807) is 15.4 Å². The maximum atomic E-state index is 13.5. The Balaban J connectivity index is 1.49. The highest BCUT2D eigenvalue weighted by molar-refractivity contribution is 5.95. The molecule has 1 saturated carbocycles. The van der Waals surface area contributed by atoms with E-state index in [-0.39, 0.29) is 35.4 Å². The van der Waals surface area contributed by atoms with Crippen LogP contribution in [0.2, 0.25) is 0 Å². The lowest BCUT2D eigenvalue weighted by Gasteiger charge is -2.30. The van der Waals surface area contributed by atoms with Gasteiger partial charge in [-0.05, 0) is 42.0 Å². The largest absolute Gasteiger partial charge is 0.346 e. The lowest BCUT2D eigenvalue weighted by molar-refractivity contribution is -0.133. The van der Waals surface area contributed by atoms with Crippen molar-refractivity contribution in [1.82, 2.24) is 24.6 Å². The van der Waals surface area contributed by atoms with Gasteiger partial charge in [0.25, 0.3) is 11.5 Å². The Hall–Kier alpha value is -3.68. The van der Waals surface area contributed by atoms with Crippen molar-refractivity contribution in [3.05, 3.63) is 87.1 Å². The van der Waals surface area contributed by atoms with E-state index in [2.05, 4.69) is 10.4 Å². The molecule has 0 atom stereocenters. The molecule has 1 aromatic carbocycles. The summed E-state index contributed by atoms with van der Waals surface area (Å²) in [5, 5.41) is 7.02. The molecule has 1 aliphatic heterocycles. The minimum absolute atomic E-state index is 0.142. The van der Waals surface area contributed by atoms with E-state index in [0.717, 1.165) is 35.2 Å². The van der Waals surface area contributed by atoms with Crippen molar-refractivity contribution < 1.29 is 9.59 Å². The number of hydrogen-bond donors (Lipinski definition) is 1. The van der Waals surface area contributed by atoms with E-state index in [9.17, 15) is 14.4 Å². The molecule has 1 fully saturated rings. The van der Waals surface area contributed by atoms with Gasteiger partial charge in [0.05, 0.1) is 18.8 Å². The number of nitrogens with one attached hydrogen (secondary N) is 1. The summed E-state index contributed by atoms with van der Waals surface area (Å²) in [5.74, 6) is -0.0612. The Kier molecular flexibility index (Phi) is 5.58. The molecule has 8 nitrogen and oxygen atoms in total. The smallest absolute Gasteiger partial charge is 0.264 e. The van der Waals surface area contributed by atoms with Gasteiger partial charge in [-0.1, -0.05) is 30.3 Å². The van der Waals surface area contributed by atoms with Crippen LogP contribution in [0, 0.1) is 5.92 Å². The van der Waals surface area contributed by atoms with E-state index in [4.69, 9.17) is 0 Å². The van der Waals surface area contributed by atoms with E-state index in [1.807, 2.05) is 54.5 Å². The van der Waals surface area contributed by atoms with E-state index >= 15 is 0 Å². The number of carbonyl (C=O) groups is 2. The number of hydrogen-bond acceptors (Lipinski definition) is 4. The predicted molar refractivity (Wildman–Crippen MR) is 122 cm³/mol. The number of amides is 2. The number of aryl methyl sites for hydroxylation is 1. The normalized spacial score (nSPS) is 15.2. The molecule has 2 aliphatic rings. The van der Waals surface area contributed by atoms with Crippen LogP contribution in [-0.2, 0) is 37.9 Å². The van der Waals surface area contributed by atoms with Crippen molar-refractivity contribution in [2.45, 2.75) is 38.9 Å². The van der Waals surface area contributed by atoms with Crippen molar-refractivity contribution in [2.75, 3.05) is 6.54 Å². The van der Waals surface area contributed by atoms with Crippen molar-refractivity contribution in [3.63, 3.8) is 0 Å². The molecular formula is C25H27N5O3. The summed E-state index contributed by atoms with van der Waals surface area (Å²) in [5.41, 5.74) is 3.33. The van der Waals surface area contributed by atoms with Gasteiger partial charge in [0.15, 0.2) is 0 Å². The van der Waals surface area contributed by atoms with Crippen LogP contribution < -0.4 is 10.9 Å². The molecule has 8 heteroatoms. The fourth-order valence-corrected chi connectivity index (χ4v) is 4.45. The molecule has 3 heterocycles. The first-order chi connectivity index (χ1) is 16.0. The Morgan fingerprint density at radius 3 is 2.64 bits per heavy atom. The Morgan fingerprint density at radius 1 is 1.15 bits per heavy atom. The summed E-state index contributed by atoms with van der Waals surface area (Å²) < 4.78 is 3.29. The maximum absolute atomic E-state index is 13.5. The molecule has 5 rings (SSSR count). The minimum Gasteiger partial charge on any atom is -0.346 e. The van der Waals surface area contributed by atoms with Crippen molar-refractivity contribution in [2.24, 2.45) is 13.0 Å². The van der Waals surface area contributed by atoms with Gasteiger partial charge in [-0.3, -0.25) is 19.1 Å². The highest BCUT2D eigenvalue weighted by Crippen LogP contribution is 2.33. The molecule has 1 N–H and O–H groups in total. The summed E-state index contributed by atoms with van der Waals surface area (Å²) in [6, 6.07) is 11.5. The highest BCUT2D eigenvalue weighted by atomic mass is 16.2. The lowest BCUT2D eigenvalue weighted by atomic mass is 9.95. The molecule has 0 spiro atoms. The van der Waals surface area contributed by atoms with Crippen LogP contribution in [0.1, 0.15) is 45.6 Å². The fourth-order valence-electron chi connectivity index (χ4n) is 4.45. The van der Waals surface area contributed by atoms with Gasteiger partial charge in [0, 0.05) is 38.4 Å². The molecule has 0 bridgehead atoms. The summed E-state index contributed by atoms with van der Waals surface area (Å²) in [6.45, 7) is 1.61. The van der Waals surface area contributed by atoms with Gasteiger partial charge >= 0.3 is 0 Å². The van der Waals surface area contributed by atoms with Gasteiger partial charge in [-0.15, -0.1) is 0 Å². The number of rotatable bonds is 6. The van der Waals surface area contributed by atoms with E-state index in [1.165, 1.54) is 0 Å². The topological polar surface area (TPSA) is 89.2 Å². The van der Waals surface area contributed by atoms with E-state index < -0.39 is 0 Å². The lowest BCUT2D eigenvalue weighted by Crippen LogP contribution is -2.42. The molecular weight excluding hydrogens is 418 g/mol. The van der Waals surface area contributed by atoms with Gasteiger partial charge in [0.1, 0.15) is 5.56 Å². The number of aromatic nitrogens is 3. The number of nitrogens with zero attached hydrogens (tertiary/aromatic N) is 4. The Bertz CT molecular complexity index is 1260. The first-order valence-electron chi connectivity index (χ1n) is 11.3. The van der Waals surface area contributed by atoms with Crippen LogP contribution in [-0.4, -0.2) is 37.6 Å². The van der Waals surface area contributed by atoms with Gasteiger partial charge in [-0.2, -0.15) is 5.10 Å². The molecule has 2 amide bonds. The first kappa shape index (κ1) is 21.2. The van der Waals surface area contributed by atoms with Crippen LogP contribution in [0.3, 0.4) is 0 Å². The van der Waals surface area contributed by atoms with Crippen molar-refractivity contribution in [1.29, 1.82) is 0 Å². The van der Waals surface area contributed by atoms with Crippen LogP contribution in [0.4, 0.5) is 0 Å². The summed E-state index contributed by atoms with van der Waals surface area (Å²) in [6.07, 6.45) is 5.91. The summed E-state index contributed by atoms with van der Waals surface area (Å²) >= 11 is 0. The number of fused-ring (bicyclic) bond motifs is 1. The summed E-state index contributed by atoms with van der Waals surface area (Å²) in [4.78, 5) is 41.2. The van der Waals surface area contributed by atoms with Crippen LogP contribution in [0.25, 0.3) is 0 Å². The predicted octanol–water partition coefficient (Wildman–Crippen LogP) is 1.85. The van der Waals surface area contributed by atoms with Crippen LogP contribution in [0.5, 0.6) is 0 Å². The zero-order valence-electron chi connectivity index (χ0n) is 18.7. The molecule has 3 aromatic rings. The van der Waals surface area contributed by atoms with Crippen molar-refractivity contribution in [3.8, 4) is 0 Å². The second kappa shape index (κ2) is 8.69. The van der Waals surface area contributed by atoms with Gasteiger partial charge < -0.3 is 14.8 Å². The molecule has 0 saturated heterocycles. The number of pyridine rings is 1. The van der Waals surface area contributed by atoms with Gasteiger partial charge in [0.2, 0.25) is 5.91 Å². The van der Waals surface area contributed by atoms with Crippen molar-refractivity contribution >= 4 is 11.8 Å². The van der Waals surface area contributed by atoms with Crippen LogP contribution in [0.15, 0.2) is 53.6 Å². The molecule has 2 aromatic heterocycles. The summed E-state index contributed by atoms with van der Waals surface area (Å²) in [7, 11) is 1.81. The third-order valence-electron chi connectivity index (χ3n) is 6.48. The third-order valence-corrected chi connectivity index (χ3v) is 6.48. The molecule has 1 aliphatic carbocycles. The molecule has 0 radical (unpaired) electrons. The quantitative estimate of drug-likeness (QED) is 0.627. The molecule has 33 heavy (non-hydrogen) atoms. The highest BCUT2D eigenvalue weighted by Gasteiger charge is 2.36. The Morgan fingerprint density at radius 2 is 1.94 bits per heavy atom. The van der Waals surface area contributed by atoms with E-state index in [0.29, 0.717) is 26.1 Å². The first-order valence-corrected chi connectivity index (χ1v) is 11.3. The molecule has 170 valence electrons. The number of benzene rings is 1. The monoisotopic (exact) mass is 445 g/mol. The average Bonchev–Trinajstić information content (AvgIpc) is 3.59. The second-order valence-electron chi connectivity index (χ2n) is 8.84. The minimum atomic E-state index is -0.387. The zero-order chi connectivity index (χ0) is 22.9. The number of carbonyl (C=O) groups excluding carboxylic acids is 2. The second-order valence-corrected chi connectivity index (χ2v) is 8.84. The Labute approximate surface area is 191 Å². The molecule has 0 unspecified atom stereocenters.